The molecular formula is C24H21F2NO4. The lowest BCUT2D eigenvalue weighted by Crippen LogP contribution is -2.32. The Morgan fingerprint density at radius 1 is 1.00 bits per heavy atom. The minimum atomic E-state index is -3.69. The average Bonchev–Trinajstić information content (AvgIpc) is 2.73. The summed E-state index contributed by atoms with van der Waals surface area (Å²) in [4.78, 5) is 24.0. The van der Waals surface area contributed by atoms with Crippen molar-refractivity contribution in [3.05, 3.63) is 89.5 Å². The van der Waals surface area contributed by atoms with Crippen molar-refractivity contribution < 1.29 is 28.2 Å². The quantitative estimate of drug-likeness (QED) is 0.582. The van der Waals surface area contributed by atoms with E-state index >= 15 is 0 Å². The predicted octanol–water partition coefficient (Wildman–Crippen LogP) is 4.95. The minimum absolute atomic E-state index is 0.0259. The second-order valence-corrected chi connectivity index (χ2v) is 7.09. The van der Waals surface area contributed by atoms with Crippen LogP contribution in [-0.2, 0) is 10.9 Å². The second kappa shape index (κ2) is 8.95. The van der Waals surface area contributed by atoms with E-state index in [1.165, 1.54) is 31.3 Å². The number of alkyl halides is 2. The Hall–Kier alpha value is -3.74. The predicted molar refractivity (Wildman–Crippen MR) is 112 cm³/mol. The first-order valence-corrected chi connectivity index (χ1v) is 9.48. The van der Waals surface area contributed by atoms with E-state index in [2.05, 4.69) is 0 Å². The Kier molecular flexibility index (Phi) is 6.34. The van der Waals surface area contributed by atoms with Gasteiger partial charge in [-0.25, -0.2) is 0 Å². The van der Waals surface area contributed by atoms with Gasteiger partial charge in [-0.2, -0.15) is 8.78 Å². The number of carbonyl (C=O) groups excluding carboxylic acids is 1. The van der Waals surface area contributed by atoms with Gasteiger partial charge in [0.25, 0.3) is 5.91 Å². The summed E-state index contributed by atoms with van der Waals surface area (Å²) >= 11 is 0. The number of amides is 1. The molecule has 3 aromatic rings. The van der Waals surface area contributed by atoms with Crippen molar-refractivity contribution in [2.45, 2.75) is 13.0 Å². The average molecular weight is 425 g/mol. The first kappa shape index (κ1) is 22.0. The molecule has 1 N–H and O–H groups in total. The highest BCUT2D eigenvalue weighted by Crippen LogP contribution is 2.33. The first-order chi connectivity index (χ1) is 14.7. The van der Waals surface area contributed by atoms with Crippen LogP contribution in [0.3, 0.4) is 0 Å². The number of likely N-dealkylation sites (N-methyl/N-ethyl adjacent to an activating group) is 1. The Morgan fingerprint density at radius 3 is 2.32 bits per heavy atom. The van der Waals surface area contributed by atoms with E-state index < -0.39 is 30.1 Å². The lowest BCUT2D eigenvalue weighted by molar-refractivity contribution is -0.185. The zero-order chi connectivity index (χ0) is 22.6. The molecule has 0 unspecified atom stereocenters. The molecule has 0 aliphatic carbocycles. The fraction of sp³-hybridized carbons (Fsp3) is 0.167. The molecule has 160 valence electrons. The molecule has 0 bridgehead atoms. The molecule has 0 aromatic heterocycles. The summed E-state index contributed by atoms with van der Waals surface area (Å²) in [6, 6.07) is 18.9. The van der Waals surface area contributed by atoms with Crippen molar-refractivity contribution in [3.8, 4) is 16.9 Å². The lowest BCUT2D eigenvalue weighted by Gasteiger charge is -2.20. The molecule has 0 aliphatic heterocycles. The topological polar surface area (TPSA) is 66.8 Å². The van der Waals surface area contributed by atoms with Crippen LogP contribution in [0.25, 0.3) is 11.1 Å². The van der Waals surface area contributed by atoms with Gasteiger partial charge >= 0.3 is 12.1 Å². The minimum Gasteiger partial charge on any atom is -0.480 e. The van der Waals surface area contributed by atoms with Gasteiger partial charge in [-0.15, -0.1) is 0 Å². The normalized spacial score (nSPS) is 11.1. The Labute approximate surface area is 178 Å². The third-order valence-corrected chi connectivity index (χ3v) is 4.72. The van der Waals surface area contributed by atoms with Crippen molar-refractivity contribution in [1.29, 1.82) is 0 Å². The van der Waals surface area contributed by atoms with Gasteiger partial charge in [0.1, 0.15) is 12.3 Å². The van der Waals surface area contributed by atoms with Crippen molar-refractivity contribution in [3.63, 3.8) is 0 Å². The van der Waals surface area contributed by atoms with Crippen LogP contribution in [0.15, 0.2) is 72.8 Å². The number of carbonyl (C=O) groups is 2. The molecule has 0 heterocycles. The van der Waals surface area contributed by atoms with Crippen LogP contribution < -0.4 is 4.74 Å². The summed E-state index contributed by atoms with van der Waals surface area (Å²) in [6.07, 6.45) is -3.69. The number of hydrogen-bond acceptors (Lipinski definition) is 3. The third kappa shape index (κ3) is 5.25. The van der Waals surface area contributed by atoms with E-state index in [4.69, 9.17) is 9.84 Å². The van der Waals surface area contributed by atoms with E-state index in [9.17, 15) is 18.4 Å². The SMILES string of the molecule is Cc1ccccc1-c1ccc(OC(F)(F)c2cccc(C(=O)N(C)CC(=O)O)c2)cc1. The Bertz CT molecular complexity index is 1100. The summed E-state index contributed by atoms with van der Waals surface area (Å²) in [5.74, 6) is -1.90. The molecule has 0 aliphatic rings. The fourth-order valence-electron chi connectivity index (χ4n) is 3.13. The number of benzene rings is 3. The number of halogens is 2. The molecule has 7 heteroatoms. The molecule has 3 aromatic carbocycles. The summed E-state index contributed by atoms with van der Waals surface area (Å²) in [7, 11) is 1.29. The zero-order valence-corrected chi connectivity index (χ0v) is 17.0. The van der Waals surface area contributed by atoms with Gasteiger partial charge in [0.15, 0.2) is 0 Å². The molecule has 0 radical (unpaired) electrons. The Balaban J connectivity index is 1.78. The van der Waals surface area contributed by atoms with Gasteiger partial charge in [-0.1, -0.05) is 42.5 Å². The second-order valence-electron chi connectivity index (χ2n) is 7.09. The molecule has 0 saturated heterocycles. The number of carboxylic acids is 1. The van der Waals surface area contributed by atoms with Crippen molar-refractivity contribution in [2.75, 3.05) is 13.6 Å². The van der Waals surface area contributed by atoms with Crippen LogP contribution in [-0.4, -0.2) is 35.5 Å². The summed E-state index contributed by atoms with van der Waals surface area (Å²) in [5.41, 5.74) is 2.38. The van der Waals surface area contributed by atoms with Gasteiger partial charge in [0.2, 0.25) is 0 Å². The van der Waals surface area contributed by atoms with E-state index in [0.29, 0.717) is 0 Å². The number of aryl methyl sites for hydroxylation is 1. The highest BCUT2D eigenvalue weighted by molar-refractivity contribution is 5.95. The summed E-state index contributed by atoms with van der Waals surface area (Å²) < 4.78 is 34.4. The maximum Gasteiger partial charge on any atom is 0.426 e. The fourth-order valence-corrected chi connectivity index (χ4v) is 3.13. The molecule has 3 rings (SSSR count). The number of nitrogens with zero attached hydrogens (tertiary/aromatic N) is 1. The molecule has 31 heavy (non-hydrogen) atoms. The van der Waals surface area contributed by atoms with Gasteiger partial charge in [-0.3, -0.25) is 9.59 Å². The third-order valence-electron chi connectivity index (χ3n) is 4.72. The molecule has 0 fully saturated rings. The summed E-state index contributed by atoms with van der Waals surface area (Å²) in [6.45, 7) is 1.43. The number of carboxylic acid groups (broad SMARTS) is 1. The monoisotopic (exact) mass is 425 g/mol. The van der Waals surface area contributed by atoms with Crippen molar-refractivity contribution in [1.82, 2.24) is 4.90 Å². The maximum atomic E-state index is 14.7. The van der Waals surface area contributed by atoms with Crippen LogP contribution >= 0.6 is 0 Å². The first-order valence-electron chi connectivity index (χ1n) is 9.48. The smallest absolute Gasteiger partial charge is 0.426 e. The largest absolute Gasteiger partial charge is 0.480 e. The molecule has 1 amide bonds. The zero-order valence-electron chi connectivity index (χ0n) is 17.0. The standard InChI is InChI=1S/C24H21F2NO4/c1-16-6-3-4-9-21(16)17-10-12-20(13-11-17)31-24(25,26)19-8-5-7-18(14-19)23(30)27(2)15-22(28)29/h3-14H,15H2,1-2H3,(H,28,29). The highest BCUT2D eigenvalue weighted by atomic mass is 19.3. The van der Waals surface area contributed by atoms with Gasteiger partial charge < -0.3 is 14.7 Å². The highest BCUT2D eigenvalue weighted by Gasteiger charge is 2.35. The van der Waals surface area contributed by atoms with Gasteiger partial charge in [0.05, 0.1) is 5.56 Å². The van der Waals surface area contributed by atoms with Crippen LogP contribution in [0.2, 0.25) is 0 Å². The van der Waals surface area contributed by atoms with Crippen LogP contribution in [0.5, 0.6) is 5.75 Å². The Morgan fingerprint density at radius 2 is 1.68 bits per heavy atom. The van der Waals surface area contributed by atoms with Crippen molar-refractivity contribution in [2.24, 2.45) is 0 Å². The van der Waals surface area contributed by atoms with E-state index in [1.807, 2.05) is 31.2 Å². The molecule has 0 spiro atoms. The van der Waals surface area contributed by atoms with Crippen LogP contribution in [0.1, 0.15) is 21.5 Å². The van der Waals surface area contributed by atoms with Gasteiger partial charge in [0, 0.05) is 12.6 Å². The molecule has 0 saturated carbocycles. The number of ether oxygens (including phenoxy) is 1. The molecule has 5 nitrogen and oxygen atoms in total. The number of hydrogen-bond donors (Lipinski definition) is 1. The van der Waals surface area contributed by atoms with E-state index in [1.54, 1.807) is 12.1 Å². The van der Waals surface area contributed by atoms with E-state index in [0.717, 1.165) is 33.7 Å². The number of rotatable bonds is 7. The van der Waals surface area contributed by atoms with Crippen LogP contribution in [0.4, 0.5) is 8.78 Å². The van der Waals surface area contributed by atoms with Crippen molar-refractivity contribution >= 4 is 11.9 Å². The summed E-state index contributed by atoms with van der Waals surface area (Å²) in [5, 5.41) is 8.80. The number of aliphatic carboxylic acids is 1. The lowest BCUT2D eigenvalue weighted by atomic mass is 10.0. The maximum absolute atomic E-state index is 14.7. The molecule has 0 atom stereocenters. The molecular weight excluding hydrogens is 404 g/mol. The van der Waals surface area contributed by atoms with Crippen LogP contribution in [0, 0.1) is 6.92 Å². The van der Waals surface area contributed by atoms with Gasteiger partial charge in [-0.05, 0) is 53.9 Å². The van der Waals surface area contributed by atoms with E-state index in [-0.39, 0.29) is 11.3 Å².